The molecule has 20 heavy (non-hydrogen) atoms. The van der Waals surface area contributed by atoms with Gasteiger partial charge >= 0.3 is 5.97 Å². The monoisotopic (exact) mass is 294 g/mol. The fourth-order valence-electron chi connectivity index (χ4n) is 3.88. The Morgan fingerprint density at radius 3 is 3.05 bits per heavy atom. The molecule has 1 N–H and O–H groups in total. The molecule has 1 aromatic heterocycles. The van der Waals surface area contributed by atoms with Gasteiger partial charge in [-0.25, -0.2) is 4.98 Å². The first-order valence-electron chi connectivity index (χ1n) is 7.43. The quantitative estimate of drug-likeness (QED) is 0.848. The van der Waals surface area contributed by atoms with Crippen molar-refractivity contribution in [3.63, 3.8) is 0 Å². The van der Waals surface area contributed by atoms with Crippen LogP contribution in [-0.2, 0) is 16.0 Å². The number of thiazole rings is 1. The Balaban J connectivity index is 1.56. The molecule has 1 heterocycles. The third kappa shape index (κ3) is 2.82. The lowest BCUT2D eigenvalue weighted by Gasteiger charge is -2.28. The second-order valence-electron chi connectivity index (χ2n) is 6.17. The average molecular weight is 294 g/mol. The van der Waals surface area contributed by atoms with Gasteiger partial charge in [-0.05, 0) is 43.9 Å². The first kappa shape index (κ1) is 13.9. The molecular weight excluding hydrogens is 272 g/mol. The molecule has 2 fully saturated rings. The molecule has 0 spiro atoms. The molecule has 0 saturated heterocycles. The molecule has 2 saturated carbocycles. The van der Waals surface area contributed by atoms with Crippen molar-refractivity contribution in [3.05, 3.63) is 11.1 Å². The maximum absolute atomic E-state index is 11.2. The van der Waals surface area contributed by atoms with Crippen molar-refractivity contribution in [1.29, 1.82) is 0 Å². The van der Waals surface area contributed by atoms with E-state index in [9.17, 15) is 4.79 Å². The number of nitrogens with one attached hydrogen (secondary N) is 1. The van der Waals surface area contributed by atoms with Gasteiger partial charge in [-0.15, -0.1) is 11.3 Å². The first-order chi connectivity index (χ1) is 9.65. The standard InChI is InChI=1S/C15H22N2O2S/c1-9(13-6-10-3-4-11(13)5-10)16-15-17-12(8-20-15)7-14(18)19-2/h8-11,13H,3-7H2,1-2H3,(H,16,17). The number of methoxy groups -OCH3 is 1. The molecule has 0 aliphatic heterocycles. The summed E-state index contributed by atoms with van der Waals surface area (Å²) in [7, 11) is 1.41. The molecule has 4 atom stereocenters. The van der Waals surface area contributed by atoms with Crippen LogP contribution in [0.1, 0.15) is 38.3 Å². The fourth-order valence-corrected chi connectivity index (χ4v) is 4.69. The number of nitrogens with zero attached hydrogens (tertiary/aromatic N) is 1. The SMILES string of the molecule is COC(=O)Cc1csc(NC(C)C2CC3CCC2C3)n1. The summed E-state index contributed by atoms with van der Waals surface area (Å²) in [6.45, 7) is 2.27. The first-order valence-corrected chi connectivity index (χ1v) is 8.31. The summed E-state index contributed by atoms with van der Waals surface area (Å²) in [6.07, 6.45) is 5.92. The van der Waals surface area contributed by atoms with E-state index < -0.39 is 0 Å². The minimum atomic E-state index is -0.233. The van der Waals surface area contributed by atoms with Crippen LogP contribution in [0.3, 0.4) is 0 Å². The van der Waals surface area contributed by atoms with E-state index in [4.69, 9.17) is 0 Å². The van der Waals surface area contributed by atoms with Gasteiger partial charge in [0.2, 0.25) is 0 Å². The van der Waals surface area contributed by atoms with E-state index in [1.165, 1.54) is 32.8 Å². The van der Waals surface area contributed by atoms with Gasteiger partial charge < -0.3 is 10.1 Å². The smallest absolute Gasteiger partial charge is 0.311 e. The van der Waals surface area contributed by atoms with Crippen LogP contribution in [0.4, 0.5) is 5.13 Å². The number of aromatic nitrogens is 1. The van der Waals surface area contributed by atoms with Crippen LogP contribution < -0.4 is 5.32 Å². The molecule has 3 rings (SSSR count). The highest BCUT2D eigenvalue weighted by Crippen LogP contribution is 2.49. The predicted octanol–water partition coefficient (Wildman–Crippen LogP) is 3.10. The van der Waals surface area contributed by atoms with Crippen molar-refractivity contribution in [2.24, 2.45) is 17.8 Å². The topological polar surface area (TPSA) is 51.2 Å². The Hall–Kier alpha value is -1.10. The van der Waals surface area contributed by atoms with E-state index in [0.29, 0.717) is 6.04 Å². The van der Waals surface area contributed by atoms with Gasteiger partial charge in [0, 0.05) is 11.4 Å². The number of hydrogen-bond donors (Lipinski definition) is 1. The van der Waals surface area contributed by atoms with Gasteiger partial charge in [-0.3, -0.25) is 4.79 Å². The zero-order chi connectivity index (χ0) is 14.1. The summed E-state index contributed by atoms with van der Waals surface area (Å²) >= 11 is 1.58. The summed E-state index contributed by atoms with van der Waals surface area (Å²) < 4.78 is 4.66. The van der Waals surface area contributed by atoms with Crippen LogP contribution in [-0.4, -0.2) is 24.1 Å². The number of carbonyl (C=O) groups excluding carboxylic acids is 1. The maximum atomic E-state index is 11.2. The van der Waals surface area contributed by atoms with Gasteiger partial charge in [0.05, 0.1) is 19.2 Å². The lowest BCUT2D eigenvalue weighted by Crippen LogP contribution is -2.29. The van der Waals surface area contributed by atoms with Gasteiger partial charge in [0.1, 0.15) is 0 Å². The Bertz CT molecular complexity index is 488. The molecule has 0 aromatic carbocycles. The highest BCUT2D eigenvalue weighted by atomic mass is 32.1. The number of hydrogen-bond acceptors (Lipinski definition) is 5. The summed E-state index contributed by atoms with van der Waals surface area (Å²) in [5, 5.41) is 6.40. The number of esters is 1. The van der Waals surface area contributed by atoms with E-state index in [-0.39, 0.29) is 12.4 Å². The van der Waals surface area contributed by atoms with Crippen molar-refractivity contribution in [1.82, 2.24) is 4.98 Å². The van der Waals surface area contributed by atoms with Gasteiger partial charge in [0.15, 0.2) is 5.13 Å². The zero-order valence-corrected chi connectivity index (χ0v) is 12.9. The Morgan fingerprint density at radius 2 is 2.40 bits per heavy atom. The van der Waals surface area contributed by atoms with Crippen LogP contribution in [0.5, 0.6) is 0 Å². The summed E-state index contributed by atoms with van der Waals surface area (Å²) in [5.74, 6) is 2.45. The van der Waals surface area contributed by atoms with Crippen LogP contribution in [0.15, 0.2) is 5.38 Å². The number of rotatable bonds is 5. The van der Waals surface area contributed by atoms with Crippen LogP contribution in [0, 0.1) is 17.8 Å². The van der Waals surface area contributed by atoms with E-state index in [1.54, 1.807) is 11.3 Å². The number of carbonyl (C=O) groups is 1. The second-order valence-corrected chi connectivity index (χ2v) is 7.03. The van der Waals surface area contributed by atoms with E-state index in [0.717, 1.165) is 28.6 Å². The highest BCUT2D eigenvalue weighted by molar-refractivity contribution is 7.13. The van der Waals surface area contributed by atoms with Gasteiger partial charge in [-0.2, -0.15) is 0 Å². The van der Waals surface area contributed by atoms with E-state index in [2.05, 4.69) is 22.0 Å². The van der Waals surface area contributed by atoms with E-state index >= 15 is 0 Å². The van der Waals surface area contributed by atoms with Crippen LogP contribution in [0.25, 0.3) is 0 Å². The maximum Gasteiger partial charge on any atom is 0.311 e. The highest BCUT2D eigenvalue weighted by Gasteiger charge is 2.41. The number of ether oxygens (including phenoxy) is 1. The van der Waals surface area contributed by atoms with Crippen molar-refractivity contribution in [2.75, 3.05) is 12.4 Å². The molecule has 110 valence electrons. The Labute approximate surface area is 123 Å². The molecule has 5 heteroatoms. The molecule has 2 bridgehead atoms. The molecule has 4 nitrogen and oxygen atoms in total. The summed E-state index contributed by atoms with van der Waals surface area (Å²) in [5.41, 5.74) is 0.796. The van der Waals surface area contributed by atoms with Crippen LogP contribution in [0.2, 0.25) is 0 Å². The van der Waals surface area contributed by atoms with Gasteiger partial charge in [0.25, 0.3) is 0 Å². The Kier molecular flexibility index (Phi) is 3.96. The number of fused-ring (bicyclic) bond motifs is 2. The third-order valence-corrected chi connectivity index (χ3v) is 5.71. The Morgan fingerprint density at radius 1 is 1.55 bits per heavy atom. The third-order valence-electron chi connectivity index (χ3n) is 4.89. The van der Waals surface area contributed by atoms with Gasteiger partial charge in [-0.1, -0.05) is 6.42 Å². The zero-order valence-electron chi connectivity index (χ0n) is 12.1. The minimum absolute atomic E-state index is 0.233. The molecule has 0 amide bonds. The van der Waals surface area contributed by atoms with Crippen LogP contribution >= 0.6 is 11.3 Å². The van der Waals surface area contributed by atoms with Crippen molar-refractivity contribution >= 4 is 22.4 Å². The molecule has 2 aliphatic carbocycles. The van der Waals surface area contributed by atoms with Crippen molar-refractivity contribution in [2.45, 2.75) is 45.1 Å². The molecule has 1 aromatic rings. The molecule has 4 unspecified atom stereocenters. The lowest BCUT2D eigenvalue weighted by molar-refractivity contribution is -0.139. The molecule has 0 radical (unpaired) electrons. The predicted molar refractivity (Wildman–Crippen MR) is 79.9 cm³/mol. The lowest BCUT2D eigenvalue weighted by atomic mass is 9.84. The average Bonchev–Trinajstić information content (AvgIpc) is 3.14. The molecule has 2 aliphatic rings. The summed E-state index contributed by atoms with van der Waals surface area (Å²) in [6, 6.07) is 0.474. The fraction of sp³-hybridized carbons (Fsp3) is 0.733. The van der Waals surface area contributed by atoms with Crippen molar-refractivity contribution in [3.8, 4) is 0 Å². The largest absolute Gasteiger partial charge is 0.469 e. The molecular formula is C15H22N2O2S. The minimum Gasteiger partial charge on any atom is -0.469 e. The van der Waals surface area contributed by atoms with E-state index in [1.807, 2.05) is 5.38 Å². The van der Waals surface area contributed by atoms with Crippen molar-refractivity contribution < 1.29 is 9.53 Å². The summed E-state index contributed by atoms with van der Waals surface area (Å²) in [4.78, 5) is 15.7. The number of anilines is 1. The normalized spacial score (nSPS) is 29.4. The second kappa shape index (κ2) is 5.72.